The molecule has 0 radical (unpaired) electrons. The van der Waals surface area contributed by atoms with E-state index < -0.39 is 5.91 Å². The van der Waals surface area contributed by atoms with Crippen LogP contribution in [0, 0.1) is 5.82 Å². The van der Waals surface area contributed by atoms with Crippen molar-refractivity contribution in [2.45, 2.75) is 0 Å². The molecule has 0 saturated heterocycles. The number of amides is 1. The highest BCUT2D eigenvalue weighted by Crippen LogP contribution is 2.19. The second kappa shape index (κ2) is 4.20. The average molecular weight is 255 g/mol. The van der Waals surface area contributed by atoms with Gasteiger partial charge < -0.3 is 5.73 Å². The first-order valence-corrected chi connectivity index (χ1v) is 5.69. The Kier molecular flexibility index (Phi) is 2.52. The van der Waals surface area contributed by atoms with Crippen LogP contribution in [0.25, 0.3) is 16.6 Å². The first-order valence-electron chi connectivity index (χ1n) is 5.69. The standard InChI is InChI=1S/C14H10FN3O/c15-10-4-2-5-11(7-10)18-8-9-3-1-6-12(14(16)19)13(9)17-18/h1-8H,(H2,16,19). The largest absolute Gasteiger partial charge is 0.366 e. The van der Waals surface area contributed by atoms with Crippen molar-refractivity contribution >= 4 is 16.8 Å². The van der Waals surface area contributed by atoms with Gasteiger partial charge >= 0.3 is 0 Å². The van der Waals surface area contributed by atoms with Crippen LogP contribution >= 0.6 is 0 Å². The monoisotopic (exact) mass is 255 g/mol. The second-order valence-electron chi connectivity index (χ2n) is 4.16. The SMILES string of the molecule is NC(=O)c1cccc2cn(-c3cccc(F)c3)nc12. The van der Waals surface area contributed by atoms with Crippen LogP contribution in [0.15, 0.2) is 48.7 Å². The van der Waals surface area contributed by atoms with E-state index in [0.29, 0.717) is 16.8 Å². The summed E-state index contributed by atoms with van der Waals surface area (Å²) < 4.78 is 14.7. The molecule has 0 atom stereocenters. The first kappa shape index (κ1) is 11.4. The lowest BCUT2D eigenvalue weighted by Crippen LogP contribution is -2.11. The van der Waals surface area contributed by atoms with Gasteiger partial charge in [0.05, 0.1) is 11.3 Å². The van der Waals surface area contributed by atoms with Crippen LogP contribution < -0.4 is 5.73 Å². The summed E-state index contributed by atoms with van der Waals surface area (Å²) in [5.74, 6) is -0.873. The fraction of sp³-hybridized carbons (Fsp3) is 0. The second-order valence-corrected chi connectivity index (χ2v) is 4.16. The van der Waals surface area contributed by atoms with Crippen molar-refractivity contribution in [1.29, 1.82) is 0 Å². The van der Waals surface area contributed by atoms with Crippen LogP contribution in [-0.4, -0.2) is 15.7 Å². The molecule has 1 heterocycles. The van der Waals surface area contributed by atoms with Gasteiger partial charge in [0, 0.05) is 11.6 Å². The Hall–Kier alpha value is -2.69. The van der Waals surface area contributed by atoms with Crippen LogP contribution in [0.5, 0.6) is 0 Å². The van der Waals surface area contributed by atoms with Gasteiger partial charge in [-0.1, -0.05) is 18.2 Å². The summed E-state index contributed by atoms with van der Waals surface area (Å²) in [5, 5.41) is 5.07. The molecule has 3 rings (SSSR count). The van der Waals surface area contributed by atoms with E-state index in [9.17, 15) is 9.18 Å². The van der Waals surface area contributed by atoms with Gasteiger partial charge in [0.25, 0.3) is 5.91 Å². The zero-order valence-corrected chi connectivity index (χ0v) is 9.88. The zero-order chi connectivity index (χ0) is 13.4. The number of nitrogens with zero attached hydrogens (tertiary/aromatic N) is 2. The third-order valence-electron chi connectivity index (χ3n) is 2.87. The highest BCUT2D eigenvalue weighted by atomic mass is 19.1. The van der Waals surface area contributed by atoms with Crippen molar-refractivity contribution in [3.63, 3.8) is 0 Å². The normalized spacial score (nSPS) is 10.8. The average Bonchev–Trinajstić information content (AvgIpc) is 2.82. The Morgan fingerprint density at radius 3 is 2.74 bits per heavy atom. The Balaban J connectivity index is 2.22. The predicted octanol–water partition coefficient (Wildman–Crippen LogP) is 2.26. The molecule has 0 bridgehead atoms. The van der Waals surface area contributed by atoms with Crippen LogP contribution in [0.3, 0.4) is 0 Å². The van der Waals surface area contributed by atoms with E-state index in [2.05, 4.69) is 5.10 Å². The fourth-order valence-corrected chi connectivity index (χ4v) is 2.00. The van der Waals surface area contributed by atoms with E-state index >= 15 is 0 Å². The van der Waals surface area contributed by atoms with Crippen molar-refractivity contribution in [3.8, 4) is 5.69 Å². The topological polar surface area (TPSA) is 60.9 Å². The molecule has 3 aromatic rings. The molecular weight excluding hydrogens is 245 g/mol. The van der Waals surface area contributed by atoms with Crippen LogP contribution in [-0.2, 0) is 0 Å². The number of fused-ring (bicyclic) bond motifs is 1. The molecule has 5 heteroatoms. The number of halogens is 1. The summed E-state index contributed by atoms with van der Waals surface area (Å²) >= 11 is 0. The number of carbonyl (C=O) groups is 1. The maximum absolute atomic E-state index is 13.2. The van der Waals surface area contributed by atoms with Crippen molar-refractivity contribution in [3.05, 3.63) is 60.0 Å². The molecular formula is C14H10FN3O. The molecule has 94 valence electrons. The Bertz CT molecular complexity index is 779. The summed E-state index contributed by atoms with van der Waals surface area (Å²) in [6.45, 7) is 0. The van der Waals surface area contributed by atoms with Gasteiger partial charge in [-0.25, -0.2) is 9.07 Å². The predicted molar refractivity (Wildman–Crippen MR) is 69.5 cm³/mol. The van der Waals surface area contributed by atoms with E-state index in [4.69, 9.17) is 5.73 Å². The van der Waals surface area contributed by atoms with Crippen molar-refractivity contribution in [2.24, 2.45) is 5.73 Å². The fourth-order valence-electron chi connectivity index (χ4n) is 2.00. The number of nitrogens with two attached hydrogens (primary N) is 1. The molecule has 1 aromatic heterocycles. The van der Waals surface area contributed by atoms with Gasteiger partial charge in [-0.15, -0.1) is 0 Å². The minimum absolute atomic E-state index is 0.341. The summed E-state index contributed by atoms with van der Waals surface area (Å²) in [6, 6.07) is 11.3. The highest BCUT2D eigenvalue weighted by molar-refractivity contribution is 6.04. The molecule has 0 unspecified atom stereocenters. The third kappa shape index (κ3) is 1.95. The molecule has 0 aliphatic rings. The van der Waals surface area contributed by atoms with Gasteiger partial charge in [-0.2, -0.15) is 5.10 Å². The van der Waals surface area contributed by atoms with Crippen LogP contribution in [0.4, 0.5) is 4.39 Å². The van der Waals surface area contributed by atoms with E-state index in [-0.39, 0.29) is 5.82 Å². The van der Waals surface area contributed by atoms with E-state index in [1.165, 1.54) is 16.8 Å². The molecule has 0 spiro atoms. The van der Waals surface area contributed by atoms with E-state index in [1.54, 1.807) is 30.5 Å². The van der Waals surface area contributed by atoms with E-state index in [0.717, 1.165) is 5.39 Å². The highest BCUT2D eigenvalue weighted by Gasteiger charge is 2.10. The first-order chi connectivity index (χ1) is 9.15. The van der Waals surface area contributed by atoms with Gasteiger partial charge in [-0.3, -0.25) is 4.79 Å². The lowest BCUT2D eigenvalue weighted by molar-refractivity contribution is 0.100. The maximum atomic E-state index is 13.2. The third-order valence-corrected chi connectivity index (χ3v) is 2.87. The summed E-state index contributed by atoms with van der Waals surface area (Å²) in [6.07, 6.45) is 1.73. The molecule has 0 aliphatic carbocycles. The lowest BCUT2D eigenvalue weighted by atomic mass is 10.1. The maximum Gasteiger partial charge on any atom is 0.250 e. The number of hydrogen-bond donors (Lipinski definition) is 1. The number of carbonyl (C=O) groups excluding carboxylic acids is 1. The van der Waals surface area contributed by atoms with Crippen molar-refractivity contribution < 1.29 is 9.18 Å². The molecule has 1 amide bonds. The quantitative estimate of drug-likeness (QED) is 0.763. The number of aromatic nitrogens is 2. The number of benzene rings is 2. The number of hydrogen-bond acceptors (Lipinski definition) is 2. The molecule has 4 nitrogen and oxygen atoms in total. The summed E-state index contributed by atoms with van der Waals surface area (Å²) in [4.78, 5) is 11.3. The molecule has 2 N–H and O–H groups in total. The van der Waals surface area contributed by atoms with Gasteiger partial charge in [-0.05, 0) is 24.3 Å². The molecule has 19 heavy (non-hydrogen) atoms. The van der Waals surface area contributed by atoms with Crippen LogP contribution in [0.2, 0.25) is 0 Å². The Morgan fingerprint density at radius 2 is 2.00 bits per heavy atom. The van der Waals surface area contributed by atoms with Crippen molar-refractivity contribution in [1.82, 2.24) is 9.78 Å². The Labute approximate surface area is 108 Å². The smallest absolute Gasteiger partial charge is 0.250 e. The van der Waals surface area contributed by atoms with Crippen LogP contribution in [0.1, 0.15) is 10.4 Å². The molecule has 0 aliphatic heterocycles. The molecule has 0 fully saturated rings. The van der Waals surface area contributed by atoms with Gasteiger partial charge in [0.1, 0.15) is 11.3 Å². The number of primary amides is 1. The zero-order valence-electron chi connectivity index (χ0n) is 9.88. The summed E-state index contributed by atoms with van der Waals surface area (Å²) in [5.41, 5.74) is 6.76. The minimum atomic E-state index is -0.532. The molecule has 0 saturated carbocycles. The Morgan fingerprint density at radius 1 is 1.21 bits per heavy atom. The van der Waals surface area contributed by atoms with Gasteiger partial charge in [0.2, 0.25) is 0 Å². The van der Waals surface area contributed by atoms with Crippen molar-refractivity contribution in [2.75, 3.05) is 0 Å². The lowest BCUT2D eigenvalue weighted by Gasteiger charge is -2.00. The number of rotatable bonds is 2. The van der Waals surface area contributed by atoms with E-state index in [1.807, 2.05) is 6.07 Å². The minimum Gasteiger partial charge on any atom is -0.366 e. The summed E-state index contributed by atoms with van der Waals surface area (Å²) in [7, 11) is 0. The molecule has 2 aromatic carbocycles. The van der Waals surface area contributed by atoms with Gasteiger partial charge in [0.15, 0.2) is 0 Å².